The number of aromatic nitrogens is 2. The van der Waals surface area contributed by atoms with E-state index in [0.29, 0.717) is 5.56 Å². The summed E-state index contributed by atoms with van der Waals surface area (Å²) in [6.07, 6.45) is 2.44. The Hall–Kier alpha value is -2.83. The summed E-state index contributed by atoms with van der Waals surface area (Å²) in [6.45, 7) is 2.04. The van der Waals surface area contributed by atoms with Crippen LogP contribution in [0.2, 0.25) is 0 Å². The number of hydrogen-bond acceptors (Lipinski definition) is 5. The molecule has 122 valence electrons. The molecule has 1 unspecified atom stereocenters. The van der Waals surface area contributed by atoms with Gasteiger partial charge < -0.3 is 14.8 Å². The summed E-state index contributed by atoms with van der Waals surface area (Å²) in [6, 6.07) is 8.32. The lowest BCUT2D eigenvalue weighted by molar-refractivity contribution is -0.145. The molecule has 1 atom stereocenters. The fourth-order valence-electron chi connectivity index (χ4n) is 1.98. The van der Waals surface area contributed by atoms with Gasteiger partial charge in [0.15, 0.2) is 6.04 Å². The molecule has 2 aromatic rings. The molecule has 1 N–H and O–H groups in total. The van der Waals surface area contributed by atoms with E-state index < -0.39 is 18.1 Å². The summed E-state index contributed by atoms with van der Waals surface area (Å²) in [5.74, 6) is -0.558. The second-order valence-electron chi connectivity index (χ2n) is 4.84. The zero-order valence-electron chi connectivity index (χ0n) is 13.1. The largest absolute Gasteiger partial charge is 0.464 e. The molecule has 0 aliphatic rings. The lowest BCUT2D eigenvalue weighted by Crippen LogP contribution is -2.35. The molecular weight excluding hydrogens is 298 g/mol. The normalized spacial score (nSPS) is 11.6. The first kappa shape index (κ1) is 16.5. The van der Waals surface area contributed by atoms with E-state index in [1.54, 1.807) is 24.9 Å². The number of alkyl carbamates (subject to hydrolysis) is 1. The number of ether oxygens (including phenoxy) is 2. The number of esters is 1. The van der Waals surface area contributed by atoms with Crippen LogP contribution < -0.4 is 5.32 Å². The van der Waals surface area contributed by atoms with Crippen molar-refractivity contribution < 1.29 is 19.1 Å². The molecule has 1 aromatic carbocycles. The molecule has 1 aromatic heterocycles. The Kier molecular flexibility index (Phi) is 5.74. The molecule has 0 aliphatic carbocycles. The average molecular weight is 317 g/mol. The molecular formula is C16H19N3O4. The van der Waals surface area contributed by atoms with Crippen molar-refractivity contribution in [1.82, 2.24) is 15.1 Å². The standard InChI is InChI=1S/C16H19N3O4/c1-3-22-15(20)14(13-9-17-19(2)10-13)18-16(21)23-11-12-7-5-4-6-8-12/h4-10,14H,3,11H2,1-2H3,(H,18,21). The van der Waals surface area contributed by atoms with Gasteiger partial charge >= 0.3 is 12.1 Å². The van der Waals surface area contributed by atoms with Gasteiger partial charge in [-0.25, -0.2) is 9.59 Å². The van der Waals surface area contributed by atoms with Gasteiger partial charge in [-0.1, -0.05) is 30.3 Å². The minimum atomic E-state index is -0.952. The van der Waals surface area contributed by atoms with E-state index >= 15 is 0 Å². The highest BCUT2D eigenvalue weighted by Crippen LogP contribution is 2.14. The van der Waals surface area contributed by atoms with Crippen LogP contribution in [0.4, 0.5) is 4.79 Å². The minimum Gasteiger partial charge on any atom is -0.464 e. The summed E-state index contributed by atoms with van der Waals surface area (Å²) in [5.41, 5.74) is 1.39. The molecule has 7 nitrogen and oxygen atoms in total. The van der Waals surface area contributed by atoms with Crippen molar-refractivity contribution in [3.8, 4) is 0 Å². The fraction of sp³-hybridized carbons (Fsp3) is 0.312. The van der Waals surface area contributed by atoms with Gasteiger partial charge in [-0.3, -0.25) is 4.68 Å². The molecule has 0 bridgehead atoms. The van der Waals surface area contributed by atoms with Crippen molar-refractivity contribution in [1.29, 1.82) is 0 Å². The van der Waals surface area contributed by atoms with E-state index in [4.69, 9.17) is 9.47 Å². The minimum absolute atomic E-state index is 0.120. The van der Waals surface area contributed by atoms with Gasteiger partial charge in [-0.15, -0.1) is 0 Å². The predicted molar refractivity (Wildman–Crippen MR) is 82.3 cm³/mol. The van der Waals surface area contributed by atoms with Gasteiger partial charge in [-0.05, 0) is 12.5 Å². The Morgan fingerprint density at radius 3 is 2.61 bits per heavy atom. The Labute approximate surface area is 134 Å². The number of aryl methyl sites for hydroxylation is 1. The number of hydrogen-bond donors (Lipinski definition) is 1. The number of benzene rings is 1. The number of nitrogens with zero attached hydrogens (tertiary/aromatic N) is 2. The van der Waals surface area contributed by atoms with Crippen molar-refractivity contribution in [3.05, 3.63) is 53.9 Å². The van der Waals surface area contributed by atoms with E-state index in [9.17, 15) is 9.59 Å². The van der Waals surface area contributed by atoms with Crippen molar-refractivity contribution in [3.63, 3.8) is 0 Å². The maximum Gasteiger partial charge on any atom is 0.408 e. The highest BCUT2D eigenvalue weighted by Gasteiger charge is 2.26. The van der Waals surface area contributed by atoms with Gasteiger partial charge in [0.25, 0.3) is 0 Å². The van der Waals surface area contributed by atoms with E-state index in [1.807, 2.05) is 30.3 Å². The summed E-state index contributed by atoms with van der Waals surface area (Å²) < 4.78 is 11.7. The van der Waals surface area contributed by atoms with Crippen LogP contribution in [-0.2, 0) is 27.9 Å². The molecule has 2 rings (SSSR count). The third-order valence-electron chi connectivity index (χ3n) is 3.06. The molecule has 0 saturated heterocycles. The SMILES string of the molecule is CCOC(=O)C(NC(=O)OCc1ccccc1)c1cnn(C)c1. The van der Waals surface area contributed by atoms with Crippen LogP contribution in [0.5, 0.6) is 0 Å². The van der Waals surface area contributed by atoms with Crippen LogP contribution in [0.1, 0.15) is 24.1 Å². The lowest BCUT2D eigenvalue weighted by atomic mass is 10.1. The number of amides is 1. The Bertz CT molecular complexity index is 654. The number of rotatable bonds is 6. The van der Waals surface area contributed by atoms with Crippen molar-refractivity contribution >= 4 is 12.1 Å². The quantitative estimate of drug-likeness (QED) is 0.823. The Balaban J connectivity index is 1.99. The molecule has 0 saturated carbocycles. The zero-order valence-corrected chi connectivity index (χ0v) is 13.1. The van der Waals surface area contributed by atoms with Crippen molar-refractivity contribution in [2.75, 3.05) is 6.61 Å². The number of carbonyl (C=O) groups excluding carboxylic acids is 2. The summed E-state index contributed by atoms with van der Waals surface area (Å²) in [4.78, 5) is 24.0. The van der Waals surface area contributed by atoms with Crippen molar-refractivity contribution in [2.24, 2.45) is 7.05 Å². The first-order valence-electron chi connectivity index (χ1n) is 7.22. The molecule has 0 radical (unpaired) electrons. The van der Waals surface area contributed by atoms with Crippen molar-refractivity contribution in [2.45, 2.75) is 19.6 Å². The molecule has 7 heteroatoms. The topological polar surface area (TPSA) is 82.4 Å². The van der Waals surface area contributed by atoms with E-state index in [1.165, 1.54) is 6.20 Å². The van der Waals surface area contributed by atoms with E-state index in [-0.39, 0.29) is 13.2 Å². The van der Waals surface area contributed by atoms with Gasteiger partial charge in [0.05, 0.1) is 12.8 Å². The molecule has 0 fully saturated rings. The van der Waals surface area contributed by atoms with E-state index in [0.717, 1.165) is 5.56 Å². The Morgan fingerprint density at radius 2 is 2.00 bits per heavy atom. The predicted octanol–water partition coefficient (Wildman–Crippen LogP) is 1.95. The molecule has 1 heterocycles. The van der Waals surface area contributed by atoms with Gasteiger partial charge in [0, 0.05) is 18.8 Å². The van der Waals surface area contributed by atoms with E-state index in [2.05, 4.69) is 10.4 Å². The van der Waals surface area contributed by atoms with Gasteiger partial charge in [0.2, 0.25) is 0 Å². The third-order valence-corrected chi connectivity index (χ3v) is 3.06. The maximum atomic E-state index is 12.0. The summed E-state index contributed by atoms with van der Waals surface area (Å²) in [7, 11) is 1.72. The number of nitrogens with one attached hydrogen (secondary N) is 1. The van der Waals surface area contributed by atoms with Crippen LogP contribution in [0, 0.1) is 0 Å². The maximum absolute atomic E-state index is 12.0. The molecule has 1 amide bonds. The second kappa shape index (κ2) is 7.98. The zero-order chi connectivity index (χ0) is 16.7. The Morgan fingerprint density at radius 1 is 1.26 bits per heavy atom. The molecule has 23 heavy (non-hydrogen) atoms. The molecule has 0 aliphatic heterocycles. The fourth-order valence-corrected chi connectivity index (χ4v) is 1.98. The average Bonchev–Trinajstić information content (AvgIpc) is 2.98. The lowest BCUT2D eigenvalue weighted by Gasteiger charge is -2.16. The molecule has 0 spiro atoms. The highest BCUT2D eigenvalue weighted by molar-refractivity contribution is 5.82. The second-order valence-corrected chi connectivity index (χ2v) is 4.84. The number of carbonyl (C=O) groups is 2. The first-order chi connectivity index (χ1) is 11.1. The smallest absolute Gasteiger partial charge is 0.408 e. The summed E-state index contributed by atoms with van der Waals surface area (Å²) in [5, 5.41) is 6.51. The van der Waals surface area contributed by atoms with Gasteiger partial charge in [-0.2, -0.15) is 5.10 Å². The van der Waals surface area contributed by atoms with Crippen LogP contribution in [-0.4, -0.2) is 28.4 Å². The van der Waals surface area contributed by atoms with Crippen LogP contribution in [0.15, 0.2) is 42.7 Å². The first-order valence-corrected chi connectivity index (χ1v) is 7.22. The highest BCUT2D eigenvalue weighted by atomic mass is 16.6. The third kappa shape index (κ3) is 4.84. The monoisotopic (exact) mass is 317 g/mol. The van der Waals surface area contributed by atoms with Crippen LogP contribution in [0.25, 0.3) is 0 Å². The van der Waals surface area contributed by atoms with Crippen LogP contribution >= 0.6 is 0 Å². The van der Waals surface area contributed by atoms with Gasteiger partial charge in [0.1, 0.15) is 6.61 Å². The van der Waals surface area contributed by atoms with Crippen LogP contribution in [0.3, 0.4) is 0 Å². The summed E-state index contributed by atoms with van der Waals surface area (Å²) >= 11 is 0.